The summed E-state index contributed by atoms with van der Waals surface area (Å²) in [6.45, 7) is 3.92. The Morgan fingerprint density at radius 3 is 2.83 bits per heavy atom. The molecule has 0 radical (unpaired) electrons. The third-order valence-corrected chi connectivity index (χ3v) is 5.87. The van der Waals surface area contributed by atoms with E-state index in [0.29, 0.717) is 22.7 Å². The van der Waals surface area contributed by atoms with E-state index in [1.54, 1.807) is 18.3 Å². The van der Waals surface area contributed by atoms with Crippen LogP contribution in [-0.2, 0) is 12.8 Å². The molecule has 0 bridgehead atoms. The minimum Gasteiger partial charge on any atom is -0.322 e. The highest BCUT2D eigenvalue weighted by atomic mass is 35.5. The van der Waals surface area contributed by atoms with Crippen LogP contribution in [0.4, 0.5) is 5.69 Å². The number of hydrogen-bond acceptors (Lipinski definition) is 5. The van der Waals surface area contributed by atoms with Crippen molar-refractivity contribution in [3.8, 4) is 0 Å². The number of rotatable bonds is 5. The summed E-state index contributed by atoms with van der Waals surface area (Å²) < 4.78 is 4.41. The molecule has 0 saturated heterocycles. The molecule has 1 amide bonds. The average Bonchev–Trinajstić information content (AvgIpc) is 3.08. The first-order chi connectivity index (χ1) is 14.0. The average molecular weight is 423 g/mol. The predicted molar refractivity (Wildman–Crippen MR) is 118 cm³/mol. The Balaban J connectivity index is 1.63. The van der Waals surface area contributed by atoms with Gasteiger partial charge in [0, 0.05) is 28.2 Å². The van der Waals surface area contributed by atoms with E-state index in [2.05, 4.69) is 26.6 Å². The van der Waals surface area contributed by atoms with E-state index in [-0.39, 0.29) is 5.91 Å². The van der Waals surface area contributed by atoms with Crippen LogP contribution in [0.25, 0.3) is 11.0 Å². The highest BCUT2D eigenvalue weighted by molar-refractivity contribution is 7.06. The van der Waals surface area contributed by atoms with Gasteiger partial charge in [-0.05, 0) is 54.7 Å². The summed E-state index contributed by atoms with van der Waals surface area (Å²) in [5, 5.41) is 3.66. The molecular formula is C22H19ClN4OS. The van der Waals surface area contributed by atoms with Gasteiger partial charge >= 0.3 is 0 Å². The zero-order valence-electron chi connectivity index (χ0n) is 16.1. The van der Waals surface area contributed by atoms with Gasteiger partial charge in [-0.3, -0.25) is 9.78 Å². The molecule has 0 unspecified atom stereocenters. The molecule has 0 aliphatic carbocycles. The molecule has 2 aromatic heterocycles. The van der Waals surface area contributed by atoms with Crippen molar-refractivity contribution < 1.29 is 4.79 Å². The Labute approximate surface area is 178 Å². The van der Waals surface area contributed by atoms with Crippen LogP contribution in [-0.4, -0.2) is 20.2 Å². The van der Waals surface area contributed by atoms with Crippen LogP contribution in [0.2, 0.25) is 5.02 Å². The van der Waals surface area contributed by atoms with Crippen molar-refractivity contribution in [3.05, 3.63) is 81.1 Å². The van der Waals surface area contributed by atoms with Crippen molar-refractivity contribution in [2.45, 2.75) is 26.7 Å². The minimum atomic E-state index is -0.149. The molecule has 0 fully saturated rings. The van der Waals surface area contributed by atoms with E-state index >= 15 is 0 Å². The zero-order chi connectivity index (χ0) is 20.4. The van der Waals surface area contributed by atoms with Crippen molar-refractivity contribution in [1.29, 1.82) is 0 Å². The van der Waals surface area contributed by atoms with Crippen molar-refractivity contribution in [2.75, 3.05) is 5.32 Å². The molecule has 4 aromatic rings. The number of benzene rings is 2. The number of halogens is 1. The lowest BCUT2D eigenvalue weighted by molar-refractivity contribution is 0.102. The number of carbonyl (C=O) groups is 1. The van der Waals surface area contributed by atoms with Crippen LogP contribution in [0.1, 0.15) is 39.1 Å². The number of nitrogens with zero attached hydrogens (tertiary/aromatic N) is 3. The Kier molecular flexibility index (Phi) is 5.56. The third-order valence-electron chi connectivity index (χ3n) is 4.70. The summed E-state index contributed by atoms with van der Waals surface area (Å²) in [6, 6.07) is 13.3. The first kappa shape index (κ1) is 19.5. The number of hydrogen-bond donors (Lipinski definition) is 1. The number of amides is 1. The quantitative estimate of drug-likeness (QED) is 0.464. The van der Waals surface area contributed by atoms with Crippen LogP contribution in [0.5, 0.6) is 0 Å². The second kappa shape index (κ2) is 8.27. The molecule has 0 atom stereocenters. The Morgan fingerprint density at radius 1 is 1.17 bits per heavy atom. The number of nitrogens with one attached hydrogen (secondary N) is 1. The van der Waals surface area contributed by atoms with Crippen LogP contribution < -0.4 is 5.32 Å². The number of carbonyl (C=O) groups excluding carboxylic acids is 1. The maximum Gasteiger partial charge on any atom is 0.258 e. The van der Waals surface area contributed by atoms with Crippen LogP contribution in [0.3, 0.4) is 0 Å². The van der Waals surface area contributed by atoms with E-state index in [4.69, 9.17) is 11.6 Å². The van der Waals surface area contributed by atoms with Gasteiger partial charge in [-0.1, -0.05) is 36.7 Å². The minimum absolute atomic E-state index is 0.149. The second-order valence-corrected chi connectivity index (χ2v) is 8.00. The van der Waals surface area contributed by atoms with E-state index in [0.717, 1.165) is 39.3 Å². The maximum absolute atomic E-state index is 13.0. The molecule has 146 valence electrons. The highest BCUT2D eigenvalue weighted by Gasteiger charge is 2.20. The third kappa shape index (κ3) is 4.13. The maximum atomic E-state index is 13.0. The molecular weight excluding hydrogens is 404 g/mol. The van der Waals surface area contributed by atoms with E-state index in [1.165, 1.54) is 11.5 Å². The molecule has 0 aliphatic rings. The summed E-state index contributed by atoms with van der Waals surface area (Å²) >= 11 is 7.40. The van der Waals surface area contributed by atoms with Gasteiger partial charge in [-0.2, -0.15) is 4.37 Å². The first-order valence-electron chi connectivity index (χ1n) is 9.30. The molecule has 0 saturated carbocycles. The van der Waals surface area contributed by atoms with Crippen molar-refractivity contribution in [2.24, 2.45) is 0 Å². The number of aromatic nitrogens is 3. The summed E-state index contributed by atoms with van der Waals surface area (Å²) in [6.07, 6.45) is 3.07. The molecule has 4 rings (SSSR count). The highest BCUT2D eigenvalue weighted by Crippen LogP contribution is 2.25. The summed E-state index contributed by atoms with van der Waals surface area (Å²) in [7, 11) is 0. The molecule has 29 heavy (non-hydrogen) atoms. The fourth-order valence-corrected chi connectivity index (χ4v) is 4.29. The van der Waals surface area contributed by atoms with Crippen LogP contribution in [0, 0.1) is 6.92 Å². The molecule has 0 aliphatic heterocycles. The van der Waals surface area contributed by atoms with Gasteiger partial charge in [-0.15, -0.1) is 0 Å². The largest absolute Gasteiger partial charge is 0.322 e. The number of fused-ring (bicyclic) bond motifs is 1. The smallest absolute Gasteiger partial charge is 0.258 e. The van der Waals surface area contributed by atoms with Gasteiger partial charge in [0.05, 0.1) is 28.0 Å². The predicted octanol–water partition coefficient (Wildman–Crippen LogP) is 5.45. The van der Waals surface area contributed by atoms with Gasteiger partial charge in [0.1, 0.15) is 0 Å². The lowest BCUT2D eigenvalue weighted by Gasteiger charge is -2.10. The lowest BCUT2D eigenvalue weighted by atomic mass is 10.1. The molecule has 0 spiro atoms. The fourth-order valence-electron chi connectivity index (χ4n) is 3.24. The summed E-state index contributed by atoms with van der Waals surface area (Å²) in [5.41, 5.74) is 5.54. The molecule has 5 nitrogen and oxygen atoms in total. The van der Waals surface area contributed by atoms with Crippen molar-refractivity contribution in [3.63, 3.8) is 0 Å². The Hall–Kier alpha value is -2.83. The van der Waals surface area contributed by atoms with Crippen LogP contribution in [0.15, 0.2) is 48.7 Å². The van der Waals surface area contributed by atoms with Crippen molar-refractivity contribution in [1.82, 2.24) is 14.3 Å². The number of para-hydroxylation sites is 1. The summed E-state index contributed by atoms with van der Waals surface area (Å²) in [5.74, 6) is -0.149. The van der Waals surface area contributed by atoms with Crippen molar-refractivity contribution >= 4 is 45.8 Å². The van der Waals surface area contributed by atoms with Gasteiger partial charge in [-0.25, -0.2) is 4.98 Å². The lowest BCUT2D eigenvalue weighted by Crippen LogP contribution is -2.15. The number of aryl methyl sites for hydroxylation is 2. The van der Waals surface area contributed by atoms with Crippen LogP contribution >= 0.6 is 23.1 Å². The zero-order valence-corrected chi connectivity index (χ0v) is 17.6. The summed E-state index contributed by atoms with van der Waals surface area (Å²) in [4.78, 5) is 23.0. The standard InChI is InChI=1S/C22H19ClN4OS/c1-3-14-6-4-5-7-17(14)26-22(28)21-13(2)27-29-20(21)11-16-12-24-18-9-8-15(23)10-19(18)25-16/h4-10,12H,3,11H2,1-2H3,(H,26,28). The fraction of sp³-hybridized carbons (Fsp3) is 0.182. The normalized spacial score (nSPS) is 11.0. The molecule has 2 aromatic carbocycles. The van der Waals surface area contributed by atoms with Gasteiger partial charge in [0.15, 0.2) is 0 Å². The van der Waals surface area contributed by atoms with E-state index < -0.39 is 0 Å². The van der Waals surface area contributed by atoms with Gasteiger partial charge < -0.3 is 5.32 Å². The second-order valence-electron chi connectivity index (χ2n) is 6.70. The monoisotopic (exact) mass is 422 g/mol. The van der Waals surface area contributed by atoms with E-state index in [1.807, 2.05) is 37.3 Å². The molecule has 2 heterocycles. The molecule has 7 heteroatoms. The Morgan fingerprint density at radius 2 is 2.00 bits per heavy atom. The van der Waals surface area contributed by atoms with E-state index in [9.17, 15) is 4.79 Å². The van der Waals surface area contributed by atoms with Gasteiger partial charge in [0.2, 0.25) is 0 Å². The first-order valence-corrected chi connectivity index (χ1v) is 10.5. The topological polar surface area (TPSA) is 67.8 Å². The van der Waals surface area contributed by atoms with Gasteiger partial charge in [0.25, 0.3) is 5.91 Å². The molecule has 1 N–H and O–H groups in total. The SMILES string of the molecule is CCc1ccccc1NC(=O)c1c(C)nsc1Cc1cnc2ccc(Cl)cc2n1. The number of anilines is 1. The Bertz CT molecular complexity index is 1200.